The third-order valence-corrected chi connectivity index (χ3v) is 4.41. The standard InChI is InChI=1S/C18H22FN3O2/c1-12-15(10-18(23)20-11-14-6-5-9-24-14)13(2)22(21-12)17-8-4-3-7-16(17)19/h3-4,7-8,14H,5-6,9-11H2,1-2H3,(H,20,23)/t14-/m0/s1. The molecule has 6 heteroatoms. The normalized spacial score (nSPS) is 17.2. The van der Waals surface area contributed by atoms with Gasteiger partial charge in [0.15, 0.2) is 0 Å². The van der Waals surface area contributed by atoms with Gasteiger partial charge in [0.1, 0.15) is 11.5 Å². The van der Waals surface area contributed by atoms with E-state index < -0.39 is 0 Å². The molecule has 0 radical (unpaired) electrons. The minimum atomic E-state index is -0.336. The summed E-state index contributed by atoms with van der Waals surface area (Å²) in [5, 5.41) is 7.32. The van der Waals surface area contributed by atoms with Gasteiger partial charge in [0, 0.05) is 24.4 Å². The van der Waals surface area contributed by atoms with E-state index in [0.717, 1.165) is 36.4 Å². The zero-order valence-corrected chi connectivity index (χ0v) is 14.0. The van der Waals surface area contributed by atoms with Crippen molar-refractivity contribution in [2.75, 3.05) is 13.2 Å². The van der Waals surface area contributed by atoms with Crippen molar-refractivity contribution in [2.45, 2.75) is 39.2 Å². The van der Waals surface area contributed by atoms with Crippen molar-refractivity contribution in [3.05, 3.63) is 47.0 Å². The van der Waals surface area contributed by atoms with Crippen molar-refractivity contribution in [2.24, 2.45) is 0 Å². The molecule has 1 aliphatic rings. The van der Waals surface area contributed by atoms with Crippen molar-refractivity contribution < 1.29 is 13.9 Å². The average Bonchev–Trinajstić information content (AvgIpc) is 3.17. The lowest BCUT2D eigenvalue weighted by molar-refractivity contribution is -0.120. The Balaban J connectivity index is 1.72. The second-order valence-electron chi connectivity index (χ2n) is 6.13. The highest BCUT2D eigenvalue weighted by atomic mass is 19.1. The first-order chi connectivity index (χ1) is 11.6. The van der Waals surface area contributed by atoms with Crippen LogP contribution in [0.1, 0.15) is 29.8 Å². The summed E-state index contributed by atoms with van der Waals surface area (Å²) >= 11 is 0. The Labute approximate surface area is 140 Å². The summed E-state index contributed by atoms with van der Waals surface area (Å²) in [5.74, 6) is -0.401. The molecule has 0 saturated carbocycles. The maximum atomic E-state index is 14.0. The average molecular weight is 331 g/mol. The summed E-state index contributed by atoms with van der Waals surface area (Å²) in [6.07, 6.45) is 2.40. The Morgan fingerprint density at radius 3 is 2.92 bits per heavy atom. The highest BCUT2D eigenvalue weighted by molar-refractivity contribution is 5.79. The summed E-state index contributed by atoms with van der Waals surface area (Å²) < 4.78 is 21.1. The number of carbonyl (C=O) groups excluding carboxylic acids is 1. The van der Waals surface area contributed by atoms with Gasteiger partial charge in [0.25, 0.3) is 0 Å². The van der Waals surface area contributed by atoms with Crippen LogP contribution in [0.4, 0.5) is 4.39 Å². The van der Waals surface area contributed by atoms with Crippen molar-refractivity contribution in [1.82, 2.24) is 15.1 Å². The molecule has 1 fully saturated rings. The van der Waals surface area contributed by atoms with Crippen molar-refractivity contribution in [3.63, 3.8) is 0 Å². The van der Waals surface area contributed by atoms with Gasteiger partial charge in [-0.15, -0.1) is 0 Å². The Kier molecular flexibility index (Phi) is 4.94. The highest BCUT2D eigenvalue weighted by Gasteiger charge is 2.19. The van der Waals surface area contributed by atoms with Crippen LogP contribution in [0.15, 0.2) is 24.3 Å². The minimum absolute atomic E-state index is 0.0650. The molecule has 1 aromatic carbocycles. The van der Waals surface area contributed by atoms with E-state index in [1.165, 1.54) is 6.07 Å². The number of nitrogens with one attached hydrogen (secondary N) is 1. The third kappa shape index (κ3) is 3.48. The van der Waals surface area contributed by atoms with Gasteiger partial charge < -0.3 is 10.1 Å². The van der Waals surface area contributed by atoms with Crippen molar-refractivity contribution in [3.8, 4) is 5.69 Å². The molecule has 1 N–H and O–H groups in total. The fourth-order valence-corrected chi connectivity index (χ4v) is 3.04. The fourth-order valence-electron chi connectivity index (χ4n) is 3.04. The molecule has 1 saturated heterocycles. The SMILES string of the molecule is Cc1nn(-c2ccccc2F)c(C)c1CC(=O)NC[C@@H]1CCCO1. The summed E-state index contributed by atoms with van der Waals surface area (Å²) in [4.78, 5) is 12.2. The van der Waals surface area contributed by atoms with E-state index in [4.69, 9.17) is 4.74 Å². The van der Waals surface area contributed by atoms with Crippen LogP contribution in [-0.4, -0.2) is 34.9 Å². The Morgan fingerprint density at radius 2 is 2.21 bits per heavy atom. The van der Waals surface area contributed by atoms with Gasteiger partial charge in [-0.05, 0) is 38.8 Å². The van der Waals surface area contributed by atoms with Crippen LogP contribution >= 0.6 is 0 Å². The second kappa shape index (κ2) is 7.13. The number of hydrogen-bond donors (Lipinski definition) is 1. The molecule has 2 heterocycles. The Morgan fingerprint density at radius 1 is 1.42 bits per heavy atom. The molecule has 1 aromatic heterocycles. The van der Waals surface area contributed by atoms with E-state index in [1.807, 2.05) is 13.8 Å². The Hall–Kier alpha value is -2.21. The number of amides is 1. The van der Waals surface area contributed by atoms with Crippen LogP contribution < -0.4 is 5.32 Å². The van der Waals surface area contributed by atoms with Gasteiger partial charge in [0.2, 0.25) is 5.91 Å². The Bertz CT molecular complexity index is 736. The topological polar surface area (TPSA) is 56.2 Å². The van der Waals surface area contributed by atoms with Gasteiger partial charge in [-0.25, -0.2) is 9.07 Å². The van der Waals surface area contributed by atoms with Gasteiger partial charge >= 0.3 is 0 Å². The maximum absolute atomic E-state index is 14.0. The third-order valence-electron chi connectivity index (χ3n) is 4.41. The zero-order valence-electron chi connectivity index (χ0n) is 14.0. The largest absolute Gasteiger partial charge is 0.376 e. The van der Waals surface area contributed by atoms with Crippen molar-refractivity contribution in [1.29, 1.82) is 0 Å². The van der Waals surface area contributed by atoms with Crippen LogP contribution in [-0.2, 0) is 16.0 Å². The molecule has 0 unspecified atom stereocenters. The number of aryl methyl sites for hydroxylation is 1. The first-order valence-corrected chi connectivity index (χ1v) is 8.24. The van der Waals surface area contributed by atoms with E-state index in [2.05, 4.69) is 10.4 Å². The van der Waals surface area contributed by atoms with E-state index in [0.29, 0.717) is 12.2 Å². The number of carbonyl (C=O) groups is 1. The molecule has 0 spiro atoms. The smallest absolute Gasteiger partial charge is 0.224 e. The molecule has 0 aliphatic carbocycles. The lowest BCUT2D eigenvalue weighted by atomic mass is 10.1. The zero-order chi connectivity index (χ0) is 17.1. The number of benzene rings is 1. The predicted octanol–water partition coefficient (Wildman–Crippen LogP) is 2.47. The van der Waals surface area contributed by atoms with Crippen LogP contribution in [0.5, 0.6) is 0 Å². The molecule has 1 amide bonds. The fraction of sp³-hybridized carbons (Fsp3) is 0.444. The van der Waals surface area contributed by atoms with Crippen LogP contribution in [0.2, 0.25) is 0 Å². The van der Waals surface area contributed by atoms with E-state index in [-0.39, 0.29) is 24.2 Å². The molecular weight excluding hydrogens is 309 g/mol. The number of rotatable bonds is 5. The van der Waals surface area contributed by atoms with Crippen LogP contribution in [0.25, 0.3) is 5.69 Å². The molecule has 2 aromatic rings. The molecule has 3 rings (SSSR count). The van der Waals surface area contributed by atoms with Gasteiger partial charge in [0.05, 0.1) is 18.2 Å². The molecular formula is C18H22FN3O2. The first-order valence-electron chi connectivity index (χ1n) is 8.24. The lowest BCUT2D eigenvalue weighted by Crippen LogP contribution is -2.33. The van der Waals surface area contributed by atoms with E-state index in [1.54, 1.807) is 22.9 Å². The molecule has 1 atom stereocenters. The molecule has 24 heavy (non-hydrogen) atoms. The van der Waals surface area contributed by atoms with Gasteiger partial charge in [-0.2, -0.15) is 5.10 Å². The number of aromatic nitrogens is 2. The number of ether oxygens (including phenoxy) is 1. The maximum Gasteiger partial charge on any atom is 0.224 e. The van der Waals surface area contributed by atoms with E-state index >= 15 is 0 Å². The van der Waals surface area contributed by atoms with Crippen LogP contribution in [0.3, 0.4) is 0 Å². The number of para-hydroxylation sites is 1. The first kappa shape index (κ1) is 16.6. The predicted molar refractivity (Wildman–Crippen MR) is 88.7 cm³/mol. The lowest BCUT2D eigenvalue weighted by Gasteiger charge is -2.11. The van der Waals surface area contributed by atoms with Crippen LogP contribution in [0, 0.1) is 19.7 Å². The second-order valence-corrected chi connectivity index (χ2v) is 6.13. The van der Waals surface area contributed by atoms with Gasteiger partial charge in [-0.1, -0.05) is 12.1 Å². The summed E-state index contributed by atoms with van der Waals surface area (Å²) in [7, 11) is 0. The van der Waals surface area contributed by atoms with E-state index in [9.17, 15) is 9.18 Å². The minimum Gasteiger partial charge on any atom is -0.376 e. The van der Waals surface area contributed by atoms with Gasteiger partial charge in [-0.3, -0.25) is 4.79 Å². The molecule has 128 valence electrons. The number of hydrogen-bond acceptors (Lipinski definition) is 3. The van der Waals surface area contributed by atoms with Crippen molar-refractivity contribution >= 4 is 5.91 Å². The molecule has 0 bridgehead atoms. The summed E-state index contributed by atoms with van der Waals surface area (Å²) in [6, 6.07) is 6.49. The quantitative estimate of drug-likeness (QED) is 0.916. The summed E-state index contributed by atoms with van der Waals surface area (Å²) in [5.41, 5.74) is 2.75. The monoisotopic (exact) mass is 331 g/mol. The molecule has 5 nitrogen and oxygen atoms in total. The summed E-state index contributed by atoms with van der Waals surface area (Å²) in [6.45, 7) is 5.01. The number of nitrogens with zero attached hydrogens (tertiary/aromatic N) is 2. The highest BCUT2D eigenvalue weighted by Crippen LogP contribution is 2.20. The number of halogens is 1. The molecule has 1 aliphatic heterocycles.